The Kier molecular flexibility index (Phi) is 3.22. The van der Waals surface area contributed by atoms with Crippen LogP contribution in [0.25, 0.3) is 10.9 Å². The van der Waals surface area contributed by atoms with Gasteiger partial charge in [-0.3, -0.25) is 0 Å². The van der Waals surface area contributed by atoms with E-state index in [1.54, 1.807) is 0 Å². The maximum Gasteiger partial charge on any atom is 0.0688 e. The van der Waals surface area contributed by atoms with E-state index in [1.165, 1.54) is 10.9 Å². The van der Waals surface area contributed by atoms with E-state index in [0.717, 1.165) is 12.1 Å². The summed E-state index contributed by atoms with van der Waals surface area (Å²) in [6.07, 6.45) is 1.57. The fraction of sp³-hybridized carbons (Fsp3) is 0.429. The lowest BCUT2D eigenvalue weighted by atomic mass is 9.98. The normalized spacial score (nSPS) is 14.1. The van der Waals surface area contributed by atoms with Crippen LogP contribution in [-0.4, -0.2) is 21.7 Å². The summed E-state index contributed by atoms with van der Waals surface area (Å²) in [5.41, 5.74) is 2.11. The van der Waals surface area contributed by atoms with Gasteiger partial charge in [0.05, 0.1) is 6.10 Å². The van der Waals surface area contributed by atoms with Crippen LogP contribution in [0.5, 0.6) is 0 Å². The Balaban J connectivity index is 2.08. The van der Waals surface area contributed by atoms with Gasteiger partial charge in [-0.05, 0) is 49.9 Å². The number of aliphatic hydroxyl groups is 1. The fourth-order valence-corrected chi connectivity index (χ4v) is 1.69. The fourth-order valence-electron chi connectivity index (χ4n) is 1.69. The molecule has 0 spiro atoms. The first-order valence-electron chi connectivity index (χ1n) is 5.98. The molecule has 1 aromatic carbocycles. The Morgan fingerprint density at radius 2 is 2.12 bits per heavy atom. The Morgan fingerprint density at radius 1 is 1.35 bits per heavy atom. The van der Waals surface area contributed by atoms with Crippen LogP contribution >= 0.6 is 0 Å². The van der Waals surface area contributed by atoms with Gasteiger partial charge in [0.25, 0.3) is 0 Å². The second-order valence-electron chi connectivity index (χ2n) is 5.15. The van der Waals surface area contributed by atoms with Gasteiger partial charge in [0.1, 0.15) is 0 Å². The Bertz CT molecular complexity index is 500. The van der Waals surface area contributed by atoms with Crippen molar-refractivity contribution in [3.8, 4) is 0 Å². The van der Waals surface area contributed by atoms with Crippen LogP contribution in [0.15, 0.2) is 30.5 Å². The molecule has 0 aliphatic heterocycles. The molecule has 92 valence electrons. The van der Waals surface area contributed by atoms with Gasteiger partial charge in [-0.25, -0.2) is 0 Å². The van der Waals surface area contributed by atoms with Crippen molar-refractivity contribution in [3.05, 3.63) is 36.0 Å². The molecule has 1 unspecified atom stereocenters. The third-order valence-corrected chi connectivity index (χ3v) is 3.41. The lowest BCUT2D eigenvalue weighted by Crippen LogP contribution is -2.47. The topological polar surface area (TPSA) is 48.0 Å². The highest BCUT2D eigenvalue weighted by Gasteiger charge is 2.22. The van der Waals surface area contributed by atoms with Gasteiger partial charge in [-0.2, -0.15) is 0 Å². The third kappa shape index (κ3) is 2.68. The zero-order valence-corrected chi connectivity index (χ0v) is 10.6. The SMILES string of the molecule is CC(O)C(C)(C)NCc1ccc2[nH]ccc2c1. The molecule has 3 nitrogen and oxygen atoms in total. The Hall–Kier alpha value is -1.32. The summed E-state index contributed by atoms with van der Waals surface area (Å²) >= 11 is 0. The van der Waals surface area contributed by atoms with E-state index in [1.807, 2.05) is 27.0 Å². The maximum absolute atomic E-state index is 9.63. The molecule has 0 amide bonds. The minimum atomic E-state index is -0.376. The molecule has 17 heavy (non-hydrogen) atoms. The summed E-state index contributed by atoms with van der Waals surface area (Å²) in [5.74, 6) is 0. The number of aromatic nitrogens is 1. The van der Waals surface area contributed by atoms with Crippen molar-refractivity contribution >= 4 is 10.9 Å². The van der Waals surface area contributed by atoms with Crippen LogP contribution < -0.4 is 5.32 Å². The molecule has 1 atom stereocenters. The van der Waals surface area contributed by atoms with Gasteiger partial charge in [0.2, 0.25) is 0 Å². The monoisotopic (exact) mass is 232 g/mol. The van der Waals surface area contributed by atoms with Crippen LogP contribution in [0, 0.1) is 0 Å². The van der Waals surface area contributed by atoms with Crippen LogP contribution in [0.4, 0.5) is 0 Å². The van der Waals surface area contributed by atoms with Gasteiger partial charge in [0.15, 0.2) is 0 Å². The summed E-state index contributed by atoms with van der Waals surface area (Å²) < 4.78 is 0. The smallest absolute Gasteiger partial charge is 0.0688 e. The number of H-pyrrole nitrogens is 1. The van der Waals surface area contributed by atoms with Crippen LogP contribution in [0.2, 0.25) is 0 Å². The quantitative estimate of drug-likeness (QED) is 0.758. The van der Waals surface area contributed by atoms with Crippen LogP contribution in [-0.2, 0) is 6.54 Å². The number of hydrogen-bond donors (Lipinski definition) is 3. The first-order valence-corrected chi connectivity index (χ1v) is 5.98. The molecule has 0 radical (unpaired) electrons. The molecule has 1 aromatic heterocycles. The minimum absolute atomic E-state index is 0.271. The minimum Gasteiger partial charge on any atom is -0.392 e. The van der Waals surface area contributed by atoms with Gasteiger partial charge in [-0.15, -0.1) is 0 Å². The molecule has 2 rings (SSSR count). The largest absolute Gasteiger partial charge is 0.392 e. The highest BCUT2D eigenvalue weighted by atomic mass is 16.3. The third-order valence-electron chi connectivity index (χ3n) is 3.41. The number of nitrogens with one attached hydrogen (secondary N) is 2. The molecule has 0 aliphatic rings. The number of aromatic amines is 1. The van der Waals surface area contributed by atoms with Crippen molar-refractivity contribution in [2.24, 2.45) is 0 Å². The number of hydrogen-bond acceptors (Lipinski definition) is 2. The molecular formula is C14H20N2O. The number of fused-ring (bicyclic) bond motifs is 1. The van der Waals surface area contributed by atoms with E-state index < -0.39 is 0 Å². The zero-order valence-electron chi connectivity index (χ0n) is 10.6. The highest BCUT2D eigenvalue weighted by molar-refractivity contribution is 5.79. The molecule has 0 saturated carbocycles. The molecular weight excluding hydrogens is 212 g/mol. The second kappa shape index (κ2) is 4.51. The average Bonchev–Trinajstić information content (AvgIpc) is 2.73. The maximum atomic E-state index is 9.63. The summed E-state index contributed by atoms with van der Waals surface area (Å²) in [5, 5.41) is 14.2. The number of aliphatic hydroxyl groups excluding tert-OH is 1. The average molecular weight is 232 g/mol. The number of rotatable bonds is 4. The van der Waals surface area contributed by atoms with Crippen molar-refractivity contribution in [2.45, 2.75) is 39.0 Å². The molecule has 0 saturated heterocycles. The van der Waals surface area contributed by atoms with Crippen molar-refractivity contribution in [3.63, 3.8) is 0 Å². The van der Waals surface area contributed by atoms with Crippen molar-refractivity contribution < 1.29 is 5.11 Å². The van der Waals surface area contributed by atoms with Crippen molar-refractivity contribution in [1.29, 1.82) is 0 Å². The van der Waals surface area contributed by atoms with Crippen LogP contribution in [0.3, 0.4) is 0 Å². The van der Waals surface area contributed by atoms with E-state index in [4.69, 9.17) is 0 Å². The number of benzene rings is 1. The summed E-state index contributed by atoms with van der Waals surface area (Å²) in [4.78, 5) is 3.18. The molecule has 0 aliphatic carbocycles. The first kappa shape index (κ1) is 12.1. The molecule has 1 heterocycles. The van der Waals surface area contributed by atoms with Crippen LogP contribution in [0.1, 0.15) is 26.3 Å². The molecule has 3 N–H and O–H groups in total. The predicted molar refractivity (Wildman–Crippen MR) is 70.9 cm³/mol. The Morgan fingerprint density at radius 3 is 2.82 bits per heavy atom. The molecule has 3 heteroatoms. The van der Waals surface area contributed by atoms with E-state index >= 15 is 0 Å². The lowest BCUT2D eigenvalue weighted by molar-refractivity contribution is 0.0956. The van der Waals surface area contributed by atoms with E-state index in [2.05, 4.69) is 34.6 Å². The summed E-state index contributed by atoms with van der Waals surface area (Å²) in [6.45, 7) is 6.58. The predicted octanol–water partition coefficient (Wildman–Crippen LogP) is 2.42. The standard InChI is InChI=1S/C14H20N2O/c1-10(17)14(2,3)16-9-11-4-5-13-12(8-11)6-7-15-13/h4-8,10,15-17H,9H2,1-3H3. The zero-order chi connectivity index (χ0) is 12.5. The van der Waals surface area contributed by atoms with E-state index in [0.29, 0.717) is 0 Å². The van der Waals surface area contributed by atoms with Gasteiger partial charge >= 0.3 is 0 Å². The molecule has 0 fully saturated rings. The van der Waals surface area contributed by atoms with Gasteiger partial charge in [0, 0.05) is 23.8 Å². The molecule has 2 aromatic rings. The lowest BCUT2D eigenvalue weighted by Gasteiger charge is -2.29. The second-order valence-corrected chi connectivity index (χ2v) is 5.15. The Labute approximate surface area is 102 Å². The molecule has 0 bridgehead atoms. The van der Waals surface area contributed by atoms with Crippen molar-refractivity contribution in [1.82, 2.24) is 10.3 Å². The van der Waals surface area contributed by atoms with E-state index in [-0.39, 0.29) is 11.6 Å². The van der Waals surface area contributed by atoms with Gasteiger partial charge < -0.3 is 15.4 Å². The highest BCUT2D eigenvalue weighted by Crippen LogP contribution is 2.15. The van der Waals surface area contributed by atoms with Crippen molar-refractivity contribution in [2.75, 3.05) is 0 Å². The summed E-state index contributed by atoms with van der Waals surface area (Å²) in [6, 6.07) is 8.42. The van der Waals surface area contributed by atoms with E-state index in [9.17, 15) is 5.11 Å². The van der Waals surface area contributed by atoms with Gasteiger partial charge in [-0.1, -0.05) is 6.07 Å². The summed E-state index contributed by atoms with van der Waals surface area (Å²) in [7, 11) is 0. The first-order chi connectivity index (χ1) is 7.99.